The average molecular weight is 605 g/mol. The third kappa shape index (κ3) is 5.14. The molecule has 0 N–H and O–H groups in total. The van der Waals surface area contributed by atoms with E-state index in [1.54, 1.807) is 16.9 Å². The molecule has 0 spiro atoms. The van der Waals surface area contributed by atoms with Crippen LogP contribution >= 0.6 is 0 Å². The Balaban J connectivity index is 1.25. The van der Waals surface area contributed by atoms with Gasteiger partial charge in [0.1, 0.15) is 11.4 Å². The fourth-order valence-corrected chi connectivity index (χ4v) is 5.95. The van der Waals surface area contributed by atoms with Crippen LogP contribution in [-0.4, -0.2) is 64.7 Å². The van der Waals surface area contributed by atoms with E-state index in [1.807, 2.05) is 40.0 Å². The lowest BCUT2D eigenvalue weighted by Gasteiger charge is -2.29. The summed E-state index contributed by atoms with van der Waals surface area (Å²) >= 11 is 0. The number of aromatic nitrogens is 7. The van der Waals surface area contributed by atoms with Gasteiger partial charge in [-0.15, -0.1) is 5.10 Å². The number of amides is 1. The summed E-state index contributed by atoms with van der Waals surface area (Å²) in [6.07, 6.45) is 3.83. The Morgan fingerprint density at radius 3 is 2.66 bits per heavy atom. The van der Waals surface area contributed by atoms with Gasteiger partial charge in [-0.3, -0.25) is 9.48 Å². The van der Waals surface area contributed by atoms with Crippen LogP contribution in [0.2, 0.25) is 0 Å². The van der Waals surface area contributed by atoms with Crippen molar-refractivity contribution in [3.63, 3.8) is 0 Å². The molecular weight excluding hydrogens is 573 g/mol. The Bertz CT molecular complexity index is 1850. The highest BCUT2D eigenvalue weighted by molar-refractivity contribution is 5.95. The van der Waals surface area contributed by atoms with Gasteiger partial charge in [0.05, 0.1) is 23.6 Å². The van der Waals surface area contributed by atoms with Crippen LogP contribution in [0.5, 0.6) is 0 Å². The molecule has 1 fully saturated rings. The summed E-state index contributed by atoms with van der Waals surface area (Å²) in [6.45, 7) is 4.75. The highest BCUT2D eigenvalue weighted by Crippen LogP contribution is 2.35. The van der Waals surface area contributed by atoms with Crippen molar-refractivity contribution in [2.75, 3.05) is 13.2 Å². The molecule has 2 aromatic carbocycles. The maximum absolute atomic E-state index is 13.1. The number of hydrogen-bond donors (Lipinski definition) is 0. The molecule has 5 heterocycles. The highest BCUT2D eigenvalue weighted by Gasteiger charge is 2.43. The van der Waals surface area contributed by atoms with E-state index in [4.69, 9.17) is 9.84 Å². The van der Waals surface area contributed by atoms with Crippen LogP contribution in [0.15, 0.2) is 55.0 Å². The van der Waals surface area contributed by atoms with Crippen molar-refractivity contribution >= 4 is 16.8 Å². The quantitative estimate of drug-likeness (QED) is 0.249. The summed E-state index contributed by atoms with van der Waals surface area (Å²) in [5, 5.41) is 19.2. The molecule has 3 aromatic heterocycles. The van der Waals surface area contributed by atoms with E-state index < -0.39 is 12.1 Å². The summed E-state index contributed by atoms with van der Waals surface area (Å²) < 4.78 is 50.7. The Kier molecular flexibility index (Phi) is 6.99. The number of ether oxygens (including phenoxy) is 1. The lowest BCUT2D eigenvalue weighted by molar-refractivity contribution is -0.186. The molecule has 10 nitrogen and oxygen atoms in total. The van der Waals surface area contributed by atoms with Gasteiger partial charge in [0.2, 0.25) is 0 Å². The number of carbonyl (C=O) groups is 1. The minimum absolute atomic E-state index is 0.0266. The first-order valence-electron chi connectivity index (χ1n) is 14.7. The molecule has 228 valence electrons. The van der Waals surface area contributed by atoms with Gasteiger partial charge < -0.3 is 9.64 Å². The molecule has 7 rings (SSSR count). The van der Waals surface area contributed by atoms with E-state index in [-0.39, 0.29) is 25.4 Å². The first-order chi connectivity index (χ1) is 21.2. The van der Waals surface area contributed by atoms with Crippen LogP contribution in [0, 0.1) is 0 Å². The summed E-state index contributed by atoms with van der Waals surface area (Å²) in [6, 6.07) is 11.9. The van der Waals surface area contributed by atoms with Crippen LogP contribution in [0.25, 0.3) is 39.1 Å². The molecular formula is C31H31F3N8O2. The van der Waals surface area contributed by atoms with Gasteiger partial charge in [-0.1, -0.05) is 17.3 Å². The fraction of sp³-hybridized carbons (Fsp3) is 0.387. The van der Waals surface area contributed by atoms with Gasteiger partial charge in [-0.2, -0.15) is 23.4 Å². The second kappa shape index (κ2) is 10.9. The normalized spacial score (nSPS) is 17.4. The zero-order valence-corrected chi connectivity index (χ0v) is 24.3. The van der Waals surface area contributed by atoms with Gasteiger partial charge in [0.15, 0.2) is 6.23 Å². The van der Waals surface area contributed by atoms with Crippen LogP contribution in [-0.2, 0) is 22.5 Å². The van der Waals surface area contributed by atoms with Gasteiger partial charge in [-0.25, -0.2) is 9.36 Å². The predicted octanol–water partition coefficient (Wildman–Crippen LogP) is 5.87. The lowest BCUT2D eigenvalue weighted by atomic mass is 9.99. The number of carbonyl (C=O) groups excluding carboxylic acids is 1. The van der Waals surface area contributed by atoms with Gasteiger partial charge >= 0.3 is 12.1 Å². The van der Waals surface area contributed by atoms with E-state index in [1.165, 1.54) is 0 Å². The molecule has 44 heavy (non-hydrogen) atoms. The maximum Gasteiger partial charge on any atom is 0.471 e. The molecule has 0 aliphatic carbocycles. The SMILES string of the molecule is CC(C)n1cc(-c2ccc3c(c2)c(-c2cn(-c4ccc5c(c4)CN(C(=O)C(F)(F)F)CC5)nn2)nn3C2CCCCO2)cn1. The van der Waals surface area contributed by atoms with E-state index in [0.29, 0.717) is 35.7 Å². The first kappa shape index (κ1) is 28.3. The molecule has 1 saturated heterocycles. The van der Waals surface area contributed by atoms with Crippen molar-refractivity contribution in [3.05, 3.63) is 66.1 Å². The summed E-state index contributed by atoms with van der Waals surface area (Å²) in [5.41, 5.74) is 6.29. The summed E-state index contributed by atoms with van der Waals surface area (Å²) in [4.78, 5) is 12.7. The smallest absolute Gasteiger partial charge is 0.356 e. The number of rotatable bonds is 5. The summed E-state index contributed by atoms with van der Waals surface area (Å²) in [5.74, 6) is -1.82. The Morgan fingerprint density at radius 1 is 1.05 bits per heavy atom. The second-order valence-corrected chi connectivity index (χ2v) is 11.6. The number of halogens is 3. The van der Waals surface area contributed by atoms with E-state index in [9.17, 15) is 18.0 Å². The Hall–Kier alpha value is -4.52. The number of nitrogens with zero attached hydrogens (tertiary/aromatic N) is 8. The predicted molar refractivity (Wildman–Crippen MR) is 156 cm³/mol. The van der Waals surface area contributed by atoms with E-state index >= 15 is 0 Å². The number of benzene rings is 2. The van der Waals surface area contributed by atoms with Crippen LogP contribution < -0.4 is 0 Å². The second-order valence-electron chi connectivity index (χ2n) is 11.6. The van der Waals surface area contributed by atoms with Gasteiger partial charge in [-0.05, 0) is 80.5 Å². The van der Waals surface area contributed by atoms with Crippen molar-refractivity contribution in [1.82, 2.24) is 39.5 Å². The van der Waals surface area contributed by atoms with Gasteiger partial charge in [0, 0.05) is 42.9 Å². The third-order valence-electron chi connectivity index (χ3n) is 8.33. The van der Waals surface area contributed by atoms with E-state index in [2.05, 4.69) is 41.4 Å². The highest BCUT2D eigenvalue weighted by atomic mass is 19.4. The number of hydrogen-bond acceptors (Lipinski definition) is 6. The van der Waals surface area contributed by atoms with Crippen molar-refractivity contribution in [1.29, 1.82) is 0 Å². The molecule has 2 aliphatic heterocycles. The number of alkyl halides is 3. The van der Waals surface area contributed by atoms with Crippen LogP contribution in [0.1, 0.15) is 56.5 Å². The molecule has 2 aliphatic rings. The van der Waals surface area contributed by atoms with Gasteiger partial charge in [0.25, 0.3) is 0 Å². The van der Waals surface area contributed by atoms with Crippen molar-refractivity contribution in [2.45, 2.75) is 64.5 Å². The minimum Gasteiger partial charge on any atom is -0.356 e. The van der Waals surface area contributed by atoms with E-state index in [0.717, 1.165) is 51.8 Å². The fourth-order valence-electron chi connectivity index (χ4n) is 5.95. The molecule has 1 unspecified atom stereocenters. The van der Waals surface area contributed by atoms with Crippen molar-refractivity contribution in [3.8, 4) is 28.2 Å². The van der Waals surface area contributed by atoms with Crippen LogP contribution in [0.3, 0.4) is 0 Å². The zero-order chi connectivity index (χ0) is 30.6. The molecule has 5 aromatic rings. The topological polar surface area (TPSA) is 95.9 Å². The number of fused-ring (bicyclic) bond motifs is 2. The van der Waals surface area contributed by atoms with Crippen molar-refractivity contribution in [2.24, 2.45) is 0 Å². The minimum atomic E-state index is -4.90. The molecule has 1 atom stereocenters. The molecule has 0 radical (unpaired) electrons. The zero-order valence-electron chi connectivity index (χ0n) is 24.3. The van der Waals surface area contributed by atoms with Crippen molar-refractivity contribution < 1.29 is 22.7 Å². The third-order valence-corrected chi connectivity index (χ3v) is 8.33. The van der Waals surface area contributed by atoms with Crippen LogP contribution in [0.4, 0.5) is 13.2 Å². The lowest BCUT2D eigenvalue weighted by Crippen LogP contribution is -2.43. The Labute approximate surface area is 251 Å². The molecule has 1 amide bonds. The average Bonchev–Trinajstić information content (AvgIpc) is 3.79. The molecule has 0 saturated carbocycles. The maximum atomic E-state index is 13.1. The standard InChI is InChI=1S/C31H31F3N8O2/c1-19(2)40-17-23(15-35-40)21-7-9-27-25(14-21)29(37-42(27)28-5-3-4-12-44-28)26-18-41(38-36-26)24-8-6-20-10-11-39(16-22(20)13-24)30(43)31(32,33)34/h6-9,13-15,17-19,28H,3-5,10-12,16H2,1-2H3. The molecule has 0 bridgehead atoms. The summed E-state index contributed by atoms with van der Waals surface area (Å²) in [7, 11) is 0. The first-order valence-corrected chi connectivity index (χ1v) is 14.7. The molecule has 13 heteroatoms. The monoisotopic (exact) mass is 604 g/mol. The largest absolute Gasteiger partial charge is 0.471 e. The Morgan fingerprint density at radius 2 is 1.91 bits per heavy atom.